The number of fused-ring (bicyclic) bond motifs is 1. The van der Waals surface area contributed by atoms with Crippen molar-refractivity contribution in [2.45, 2.75) is 70.9 Å². The molecular weight excluding hydrogens is 284 g/mol. The fourth-order valence-electron chi connectivity index (χ4n) is 4.62. The predicted molar refractivity (Wildman–Crippen MR) is 85.7 cm³/mol. The van der Waals surface area contributed by atoms with Crippen molar-refractivity contribution in [3.8, 4) is 0 Å². The van der Waals surface area contributed by atoms with Gasteiger partial charge >= 0.3 is 0 Å². The quantitative estimate of drug-likeness (QED) is 0.803. The first-order valence-corrected chi connectivity index (χ1v) is 10.2. The highest BCUT2D eigenvalue weighted by Crippen LogP contribution is 2.38. The van der Waals surface area contributed by atoms with Crippen LogP contribution in [0.15, 0.2) is 0 Å². The minimum atomic E-state index is -3.12. The molecule has 1 saturated carbocycles. The lowest BCUT2D eigenvalue weighted by Crippen LogP contribution is -2.57. The van der Waals surface area contributed by atoms with E-state index in [0.29, 0.717) is 11.8 Å². The zero-order valence-electron chi connectivity index (χ0n) is 13.6. The van der Waals surface area contributed by atoms with Gasteiger partial charge in [-0.3, -0.25) is 4.90 Å². The molecule has 5 heteroatoms. The molecule has 0 N–H and O–H groups in total. The Morgan fingerprint density at radius 3 is 2.52 bits per heavy atom. The summed E-state index contributed by atoms with van der Waals surface area (Å²) in [7, 11) is -3.12. The first-order valence-electron chi connectivity index (χ1n) is 8.63. The number of piperazine rings is 1. The van der Waals surface area contributed by atoms with Crippen molar-refractivity contribution >= 4 is 10.0 Å². The molecule has 0 amide bonds. The van der Waals surface area contributed by atoms with Gasteiger partial charge in [-0.25, -0.2) is 8.42 Å². The van der Waals surface area contributed by atoms with E-state index in [1.807, 2.05) is 4.31 Å². The lowest BCUT2D eigenvalue weighted by atomic mass is 9.77. The van der Waals surface area contributed by atoms with Crippen LogP contribution >= 0.6 is 0 Å². The summed E-state index contributed by atoms with van der Waals surface area (Å²) >= 11 is 0. The Hall–Kier alpha value is -0.130. The van der Waals surface area contributed by atoms with E-state index >= 15 is 0 Å². The van der Waals surface area contributed by atoms with Gasteiger partial charge < -0.3 is 0 Å². The van der Waals surface area contributed by atoms with Crippen LogP contribution in [0.3, 0.4) is 0 Å². The largest absolute Gasteiger partial charge is 0.297 e. The summed E-state index contributed by atoms with van der Waals surface area (Å²) < 4.78 is 27.8. The topological polar surface area (TPSA) is 40.6 Å². The van der Waals surface area contributed by atoms with Crippen molar-refractivity contribution in [1.29, 1.82) is 0 Å². The summed E-state index contributed by atoms with van der Waals surface area (Å²) in [6, 6.07) is 0.603. The first kappa shape index (κ1) is 15.8. The van der Waals surface area contributed by atoms with Crippen LogP contribution in [-0.2, 0) is 10.0 Å². The summed E-state index contributed by atoms with van der Waals surface area (Å²) in [4.78, 5) is 2.49. The van der Waals surface area contributed by atoms with E-state index in [2.05, 4.69) is 18.7 Å². The number of rotatable bonds is 3. The molecule has 122 valence electrons. The third-order valence-electron chi connectivity index (χ3n) is 5.83. The standard InChI is InChI=1S/C16H30N2O2S/c1-14-11-17-10-6-7-15(17)12-18(14)21(19,20)13-16(2)8-4-3-5-9-16/h14-15H,3-13H2,1-2H3/t14-,15-/m1/s1. The van der Waals surface area contributed by atoms with Crippen LogP contribution in [-0.4, -0.2) is 55.1 Å². The van der Waals surface area contributed by atoms with Gasteiger partial charge in [-0.15, -0.1) is 0 Å². The second-order valence-electron chi connectivity index (χ2n) is 7.84. The van der Waals surface area contributed by atoms with E-state index in [0.717, 1.165) is 38.9 Å². The Morgan fingerprint density at radius 2 is 1.81 bits per heavy atom. The molecule has 3 rings (SSSR count). The molecule has 2 aliphatic heterocycles. The lowest BCUT2D eigenvalue weighted by Gasteiger charge is -2.43. The summed E-state index contributed by atoms with van der Waals surface area (Å²) in [6.07, 6.45) is 8.19. The van der Waals surface area contributed by atoms with Crippen LogP contribution in [0.4, 0.5) is 0 Å². The van der Waals surface area contributed by atoms with Crippen molar-refractivity contribution in [2.75, 3.05) is 25.4 Å². The van der Waals surface area contributed by atoms with E-state index in [-0.39, 0.29) is 11.5 Å². The highest BCUT2D eigenvalue weighted by atomic mass is 32.2. The van der Waals surface area contributed by atoms with Gasteiger partial charge in [-0.05, 0) is 44.6 Å². The van der Waals surface area contributed by atoms with Gasteiger partial charge in [0.1, 0.15) is 0 Å². The summed E-state index contributed by atoms with van der Waals surface area (Å²) in [6.45, 7) is 7.05. The summed E-state index contributed by atoms with van der Waals surface area (Å²) in [5.74, 6) is 0.358. The van der Waals surface area contributed by atoms with Crippen molar-refractivity contribution in [3.63, 3.8) is 0 Å². The Morgan fingerprint density at radius 1 is 1.10 bits per heavy atom. The molecule has 0 bridgehead atoms. The highest BCUT2D eigenvalue weighted by molar-refractivity contribution is 7.89. The molecule has 0 unspecified atom stereocenters. The first-order chi connectivity index (χ1) is 9.90. The normalized spacial score (nSPS) is 34.8. The van der Waals surface area contributed by atoms with E-state index < -0.39 is 10.0 Å². The molecule has 0 spiro atoms. The zero-order chi connectivity index (χ0) is 15.1. The minimum absolute atomic E-state index is 0.00358. The lowest BCUT2D eigenvalue weighted by molar-refractivity contribution is 0.115. The van der Waals surface area contributed by atoms with Gasteiger partial charge in [0.2, 0.25) is 10.0 Å². The maximum Gasteiger partial charge on any atom is 0.214 e. The second kappa shape index (κ2) is 5.82. The van der Waals surface area contributed by atoms with Crippen LogP contribution in [0.25, 0.3) is 0 Å². The molecule has 4 nitrogen and oxygen atoms in total. The predicted octanol–water partition coefficient (Wildman–Crippen LogP) is 2.46. The van der Waals surface area contributed by atoms with Gasteiger partial charge in [-0.2, -0.15) is 4.31 Å². The second-order valence-corrected chi connectivity index (χ2v) is 9.76. The average Bonchev–Trinajstić information content (AvgIpc) is 2.84. The molecule has 21 heavy (non-hydrogen) atoms. The smallest absolute Gasteiger partial charge is 0.214 e. The molecule has 3 aliphatic rings. The molecule has 3 fully saturated rings. The number of sulfonamides is 1. The minimum Gasteiger partial charge on any atom is -0.297 e. The molecule has 2 atom stereocenters. The molecule has 0 aromatic rings. The molecular formula is C16H30N2O2S. The van der Waals surface area contributed by atoms with Gasteiger partial charge in [0.15, 0.2) is 0 Å². The van der Waals surface area contributed by atoms with Gasteiger partial charge in [-0.1, -0.05) is 26.2 Å². The molecule has 0 aromatic heterocycles. The maximum atomic E-state index is 13.0. The number of hydrogen-bond donors (Lipinski definition) is 0. The molecule has 0 radical (unpaired) electrons. The van der Waals surface area contributed by atoms with Crippen molar-refractivity contribution in [1.82, 2.24) is 9.21 Å². The highest BCUT2D eigenvalue weighted by Gasteiger charge is 2.42. The monoisotopic (exact) mass is 314 g/mol. The van der Waals surface area contributed by atoms with Crippen LogP contribution in [0.2, 0.25) is 0 Å². The third-order valence-corrected chi connectivity index (χ3v) is 8.11. The van der Waals surface area contributed by atoms with Crippen LogP contribution < -0.4 is 0 Å². The Kier molecular flexibility index (Phi) is 4.37. The fourth-order valence-corrected chi connectivity index (χ4v) is 6.97. The van der Waals surface area contributed by atoms with Crippen LogP contribution in [0.1, 0.15) is 58.8 Å². The van der Waals surface area contributed by atoms with Gasteiger partial charge in [0, 0.05) is 25.2 Å². The number of nitrogens with zero attached hydrogens (tertiary/aromatic N) is 2. The maximum absolute atomic E-state index is 13.0. The Bertz CT molecular complexity index is 471. The third kappa shape index (κ3) is 3.30. The van der Waals surface area contributed by atoms with Crippen LogP contribution in [0, 0.1) is 5.41 Å². The Balaban J connectivity index is 1.71. The van der Waals surface area contributed by atoms with Crippen LogP contribution in [0.5, 0.6) is 0 Å². The van der Waals surface area contributed by atoms with Crippen molar-refractivity contribution in [3.05, 3.63) is 0 Å². The van der Waals surface area contributed by atoms with Gasteiger partial charge in [0.05, 0.1) is 5.75 Å². The van der Waals surface area contributed by atoms with E-state index in [4.69, 9.17) is 0 Å². The molecule has 2 saturated heterocycles. The van der Waals surface area contributed by atoms with E-state index in [1.165, 1.54) is 25.7 Å². The average molecular weight is 314 g/mol. The molecule has 0 aromatic carbocycles. The fraction of sp³-hybridized carbons (Fsp3) is 1.00. The number of hydrogen-bond acceptors (Lipinski definition) is 3. The van der Waals surface area contributed by atoms with E-state index in [1.54, 1.807) is 0 Å². The van der Waals surface area contributed by atoms with Gasteiger partial charge in [0.25, 0.3) is 0 Å². The van der Waals surface area contributed by atoms with E-state index in [9.17, 15) is 8.42 Å². The molecule has 2 heterocycles. The summed E-state index contributed by atoms with van der Waals surface area (Å²) in [5, 5.41) is 0. The van der Waals surface area contributed by atoms with Crippen molar-refractivity contribution < 1.29 is 8.42 Å². The zero-order valence-corrected chi connectivity index (χ0v) is 14.4. The summed E-state index contributed by atoms with van der Waals surface area (Å²) in [5.41, 5.74) is 0.00358. The molecule has 1 aliphatic carbocycles. The SMILES string of the molecule is C[C@@H]1CN2CCC[C@@H]2CN1S(=O)(=O)CC1(C)CCCCC1. The van der Waals surface area contributed by atoms with Crippen molar-refractivity contribution in [2.24, 2.45) is 5.41 Å². The Labute approximate surface area is 129 Å².